The van der Waals surface area contributed by atoms with E-state index >= 15 is 0 Å². The number of benzene rings is 2. The van der Waals surface area contributed by atoms with E-state index in [4.69, 9.17) is 4.74 Å². The van der Waals surface area contributed by atoms with E-state index in [1.807, 2.05) is 12.1 Å². The zero-order chi connectivity index (χ0) is 20.5. The Balaban J connectivity index is 1.90. The van der Waals surface area contributed by atoms with E-state index < -0.39 is 26.1 Å². The van der Waals surface area contributed by atoms with E-state index in [1.165, 1.54) is 0 Å². The topological polar surface area (TPSA) is 105 Å². The normalized spacial score (nSPS) is 17.3. The number of nitrogens with one attached hydrogen (secondary N) is 1. The van der Waals surface area contributed by atoms with Crippen molar-refractivity contribution < 1.29 is 21.6 Å². The molecular weight excluding hydrogens is 402 g/mol. The molecule has 2 aromatic carbocycles. The van der Waals surface area contributed by atoms with E-state index in [2.05, 4.69) is 9.82 Å². The number of methoxy groups -OCH3 is 1. The molecule has 0 unspecified atom stereocenters. The molecule has 0 spiro atoms. The molecule has 1 aliphatic rings. The highest BCUT2D eigenvalue weighted by atomic mass is 32.2. The summed E-state index contributed by atoms with van der Waals surface area (Å²) in [5.74, 6) is 0.683. The van der Waals surface area contributed by atoms with Gasteiger partial charge in [0.1, 0.15) is 5.75 Å². The summed E-state index contributed by atoms with van der Waals surface area (Å²) in [6.45, 7) is 0. The molecule has 2 aromatic rings. The predicted molar refractivity (Wildman–Crippen MR) is 108 cm³/mol. The van der Waals surface area contributed by atoms with Gasteiger partial charge in [0.25, 0.3) is 0 Å². The van der Waals surface area contributed by atoms with E-state index in [1.54, 1.807) is 43.5 Å². The van der Waals surface area contributed by atoms with Crippen LogP contribution in [0.1, 0.15) is 23.6 Å². The maximum atomic E-state index is 12.2. The summed E-state index contributed by atoms with van der Waals surface area (Å²) >= 11 is 0. The zero-order valence-corrected chi connectivity index (χ0v) is 17.3. The van der Waals surface area contributed by atoms with Gasteiger partial charge in [-0.1, -0.05) is 24.3 Å². The molecule has 28 heavy (non-hydrogen) atoms. The summed E-state index contributed by atoms with van der Waals surface area (Å²) in [5, 5.41) is 4.33. The van der Waals surface area contributed by atoms with Crippen molar-refractivity contribution in [2.75, 3.05) is 24.3 Å². The molecule has 0 amide bonds. The summed E-state index contributed by atoms with van der Waals surface area (Å²) in [5.41, 5.74) is 2.57. The van der Waals surface area contributed by atoms with Crippen LogP contribution in [0, 0.1) is 0 Å². The van der Waals surface area contributed by atoms with Crippen LogP contribution in [0.2, 0.25) is 0 Å². The quantitative estimate of drug-likeness (QED) is 0.767. The molecule has 1 heterocycles. The van der Waals surface area contributed by atoms with Gasteiger partial charge < -0.3 is 4.74 Å². The van der Waals surface area contributed by atoms with Crippen molar-refractivity contribution in [1.82, 2.24) is 4.41 Å². The number of rotatable bonds is 6. The average Bonchev–Trinajstić information content (AvgIpc) is 3.07. The molecule has 1 atom stereocenters. The Labute approximate surface area is 164 Å². The smallest absolute Gasteiger partial charge is 0.247 e. The van der Waals surface area contributed by atoms with Crippen molar-refractivity contribution in [1.29, 1.82) is 0 Å². The standard InChI is InChI=1S/C18H21N3O5S2/c1-26-16-10-6-14(7-11-16)18-12-17(19-21(18)28(3,24)25)13-4-8-15(9-5-13)20-27(2,22)23/h4-11,18,20H,12H2,1-3H3/t18-/m1/s1. The van der Waals surface area contributed by atoms with E-state index in [0.29, 0.717) is 23.6 Å². The molecule has 8 nitrogen and oxygen atoms in total. The Hall–Kier alpha value is -2.59. The predicted octanol–water partition coefficient (Wildman–Crippen LogP) is 2.18. The van der Waals surface area contributed by atoms with Gasteiger partial charge in [-0.2, -0.15) is 9.52 Å². The maximum Gasteiger partial charge on any atom is 0.247 e. The highest BCUT2D eigenvalue weighted by molar-refractivity contribution is 7.92. The summed E-state index contributed by atoms with van der Waals surface area (Å²) in [4.78, 5) is 0. The van der Waals surface area contributed by atoms with Crippen molar-refractivity contribution in [2.45, 2.75) is 12.5 Å². The third-order valence-corrected chi connectivity index (χ3v) is 5.86. The SMILES string of the molecule is COc1ccc([C@H]2CC(c3ccc(NS(C)(=O)=O)cc3)=NN2S(C)(=O)=O)cc1. The molecule has 0 bridgehead atoms. The van der Waals surface area contributed by atoms with Crippen LogP contribution in [-0.2, 0) is 20.0 Å². The number of hydrogen-bond donors (Lipinski definition) is 1. The first-order chi connectivity index (χ1) is 13.1. The van der Waals surface area contributed by atoms with Gasteiger partial charge in [-0.3, -0.25) is 4.72 Å². The van der Waals surface area contributed by atoms with Crippen LogP contribution in [0.4, 0.5) is 5.69 Å². The molecule has 0 fully saturated rings. The number of anilines is 1. The first kappa shape index (κ1) is 20.2. The lowest BCUT2D eigenvalue weighted by Crippen LogP contribution is -2.25. The molecule has 0 radical (unpaired) electrons. The second-order valence-electron chi connectivity index (χ2n) is 6.53. The van der Waals surface area contributed by atoms with Gasteiger partial charge >= 0.3 is 0 Å². The monoisotopic (exact) mass is 423 g/mol. The van der Waals surface area contributed by atoms with Crippen LogP contribution in [0.3, 0.4) is 0 Å². The first-order valence-electron chi connectivity index (χ1n) is 8.36. The van der Waals surface area contributed by atoms with Gasteiger partial charge in [0.15, 0.2) is 0 Å². The van der Waals surface area contributed by atoms with Gasteiger partial charge in [-0.15, -0.1) is 0 Å². The molecule has 0 saturated heterocycles. The van der Waals surface area contributed by atoms with E-state index in [-0.39, 0.29) is 0 Å². The van der Waals surface area contributed by atoms with Crippen LogP contribution >= 0.6 is 0 Å². The second kappa shape index (κ2) is 7.44. The number of sulfonamides is 2. The van der Waals surface area contributed by atoms with Gasteiger partial charge in [0.05, 0.1) is 31.4 Å². The Kier molecular flexibility index (Phi) is 5.35. The molecule has 1 N–H and O–H groups in total. The minimum Gasteiger partial charge on any atom is -0.497 e. The van der Waals surface area contributed by atoms with Crippen LogP contribution < -0.4 is 9.46 Å². The molecule has 1 aliphatic heterocycles. The Bertz CT molecular complexity index is 1090. The van der Waals surface area contributed by atoms with Gasteiger partial charge in [-0.25, -0.2) is 16.8 Å². The van der Waals surface area contributed by atoms with Crippen molar-refractivity contribution in [3.05, 3.63) is 59.7 Å². The number of ether oxygens (including phenoxy) is 1. The largest absolute Gasteiger partial charge is 0.497 e. The molecule has 0 aromatic heterocycles. The number of nitrogens with zero attached hydrogens (tertiary/aromatic N) is 2. The Morgan fingerprint density at radius 1 is 1.00 bits per heavy atom. The minimum atomic E-state index is -3.57. The fraction of sp³-hybridized carbons (Fsp3) is 0.278. The summed E-state index contributed by atoms with van der Waals surface area (Å²) < 4.78 is 55.8. The second-order valence-corrected chi connectivity index (χ2v) is 10.1. The van der Waals surface area contributed by atoms with Crippen molar-refractivity contribution in [3.8, 4) is 5.75 Å². The van der Waals surface area contributed by atoms with E-state index in [9.17, 15) is 16.8 Å². The lowest BCUT2D eigenvalue weighted by Gasteiger charge is -2.21. The summed E-state index contributed by atoms with van der Waals surface area (Å²) in [6.07, 6.45) is 2.60. The summed E-state index contributed by atoms with van der Waals surface area (Å²) in [7, 11) is -5.37. The zero-order valence-electron chi connectivity index (χ0n) is 15.7. The molecular formula is C18H21N3O5S2. The van der Waals surface area contributed by atoms with Crippen molar-refractivity contribution in [2.24, 2.45) is 5.10 Å². The third-order valence-electron chi connectivity index (χ3n) is 4.23. The minimum absolute atomic E-state index is 0.401. The molecule has 10 heteroatoms. The number of hydrogen-bond acceptors (Lipinski definition) is 6. The van der Waals surface area contributed by atoms with Crippen LogP contribution in [0.5, 0.6) is 5.75 Å². The van der Waals surface area contributed by atoms with Crippen LogP contribution in [0.25, 0.3) is 0 Å². The highest BCUT2D eigenvalue weighted by Crippen LogP contribution is 2.35. The fourth-order valence-electron chi connectivity index (χ4n) is 2.99. The molecule has 3 rings (SSSR count). The number of hydrazone groups is 1. The van der Waals surface area contributed by atoms with Gasteiger partial charge in [0, 0.05) is 12.1 Å². The first-order valence-corrected chi connectivity index (χ1v) is 12.1. The highest BCUT2D eigenvalue weighted by Gasteiger charge is 2.34. The molecule has 0 saturated carbocycles. The van der Waals surface area contributed by atoms with Crippen LogP contribution in [-0.4, -0.2) is 46.6 Å². The average molecular weight is 424 g/mol. The van der Waals surface area contributed by atoms with E-state index in [0.717, 1.165) is 28.1 Å². The Morgan fingerprint density at radius 2 is 1.61 bits per heavy atom. The van der Waals surface area contributed by atoms with Crippen molar-refractivity contribution >= 4 is 31.4 Å². The lowest BCUT2D eigenvalue weighted by atomic mass is 9.99. The third kappa shape index (κ3) is 4.63. The van der Waals surface area contributed by atoms with Crippen LogP contribution in [0.15, 0.2) is 53.6 Å². The van der Waals surface area contributed by atoms with Gasteiger partial charge in [0.2, 0.25) is 20.0 Å². The summed E-state index contributed by atoms with van der Waals surface area (Å²) in [6, 6.07) is 13.4. The van der Waals surface area contributed by atoms with Crippen molar-refractivity contribution in [3.63, 3.8) is 0 Å². The van der Waals surface area contributed by atoms with Gasteiger partial charge in [-0.05, 0) is 35.4 Å². The molecule has 0 aliphatic carbocycles. The Morgan fingerprint density at radius 3 is 2.11 bits per heavy atom. The molecule has 150 valence electrons. The lowest BCUT2D eigenvalue weighted by molar-refractivity contribution is 0.374. The maximum absolute atomic E-state index is 12.2. The fourth-order valence-corrected chi connectivity index (χ4v) is 4.46.